The fourth-order valence-corrected chi connectivity index (χ4v) is 7.62. The second-order valence-electron chi connectivity index (χ2n) is 14.8. The summed E-state index contributed by atoms with van der Waals surface area (Å²) in [7, 11) is 1.85. The lowest BCUT2D eigenvalue weighted by molar-refractivity contribution is -0.138. The topological polar surface area (TPSA) is 202 Å². The number of nitrogens with zero attached hydrogens (tertiary/aromatic N) is 6. The first kappa shape index (κ1) is 39.1. The highest BCUT2D eigenvalue weighted by Gasteiger charge is 2.44. The van der Waals surface area contributed by atoms with Crippen molar-refractivity contribution in [1.82, 2.24) is 34.9 Å². The van der Waals surface area contributed by atoms with Crippen molar-refractivity contribution in [1.29, 1.82) is 0 Å². The van der Waals surface area contributed by atoms with E-state index in [9.17, 15) is 24.0 Å². The van der Waals surface area contributed by atoms with Crippen molar-refractivity contribution in [3.8, 4) is 0 Å². The Hall–Kier alpha value is -6.72. The maximum Gasteiger partial charge on any atom is 0.262 e. The summed E-state index contributed by atoms with van der Waals surface area (Å²) in [4.78, 5) is 75.0. The van der Waals surface area contributed by atoms with Gasteiger partial charge in [0.25, 0.3) is 11.8 Å². The number of benzene rings is 3. The first-order valence-electron chi connectivity index (χ1n) is 19.5. The van der Waals surface area contributed by atoms with Gasteiger partial charge in [-0.15, -0.1) is 0 Å². The van der Waals surface area contributed by atoms with Gasteiger partial charge in [-0.1, -0.05) is 24.3 Å². The van der Waals surface area contributed by atoms with Gasteiger partial charge in [-0.3, -0.25) is 34.2 Å². The molecule has 2 aromatic heterocycles. The Morgan fingerprint density at radius 3 is 2.47 bits per heavy atom. The number of imide groups is 2. The molecule has 5 aromatic rings. The van der Waals surface area contributed by atoms with Crippen molar-refractivity contribution in [3.05, 3.63) is 94.2 Å². The van der Waals surface area contributed by atoms with E-state index >= 15 is 0 Å². The smallest absolute Gasteiger partial charge is 0.262 e. The number of carbonyl (C=O) groups excluding carboxylic acids is 5. The van der Waals surface area contributed by atoms with Crippen molar-refractivity contribution in [2.75, 3.05) is 55.5 Å². The third-order valence-corrected chi connectivity index (χ3v) is 10.7. The second kappa shape index (κ2) is 16.6. The summed E-state index contributed by atoms with van der Waals surface area (Å²) >= 11 is 0. The van der Waals surface area contributed by atoms with Crippen LogP contribution in [0.5, 0.6) is 0 Å². The highest BCUT2D eigenvalue weighted by Crippen LogP contribution is 2.31. The van der Waals surface area contributed by atoms with Gasteiger partial charge in [-0.05, 0) is 79.3 Å². The minimum Gasteiger partial charge on any atom is -0.383 e. The van der Waals surface area contributed by atoms with Gasteiger partial charge in [0, 0.05) is 56.4 Å². The van der Waals surface area contributed by atoms with E-state index in [2.05, 4.69) is 63.4 Å². The number of amides is 5. The molecule has 59 heavy (non-hydrogen) atoms. The molecular weight excluding hydrogens is 757 g/mol. The lowest BCUT2D eigenvalue weighted by Gasteiger charge is -2.29. The third-order valence-electron chi connectivity index (χ3n) is 10.7. The number of anilines is 5. The largest absolute Gasteiger partial charge is 0.383 e. The van der Waals surface area contributed by atoms with Crippen LogP contribution in [0.1, 0.15) is 55.8 Å². The fraction of sp³-hybridized carbons (Fsp3) is 0.333. The SMILES string of the molecule is Cc1cccc(C)c1Nc1nn(C)c2nc(Nc3ccc4c(c3)CN(C(=O)COCCOCCNc3ccc5c(c3)C(=O)N(C3CCC(=O)NC3=O)C5=O)CC4)ncc12. The predicted molar refractivity (Wildman–Crippen MR) is 218 cm³/mol. The zero-order valence-electron chi connectivity index (χ0n) is 33.0. The molecule has 3 aromatic carbocycles. The quantitative estimate of drug-likeness (QED) is 0.0932. The number of nitrogens with one attached hydrogen (secondary N) is 4. The minimum absolute atomic E-state index is 0.0597. The Kier molecular flexibility index (Phi) is 11.0. The summed E-state index contributed by atoms with van der Waals surface area (Å²) in [5.74, 6) is -1.17. The number of para-hydroxylation sites is 1. The predicted octanol–water partition coefficient (Wildman–Crippen LogP) is 3.90. The Labute approximate surface area is 339 Å². The molecule has 1 atom stereocenters. The van der Waals surface area contributed by atoms with Gasteiger partial charge in [0.2, 0.25) is 23.7 Å². The number of aromatic nitrogens is 4. The number of carbonyl (C=O) groups is 5. The maximum absolute atomic E-state index is 13.1. The molecule has 0 spiro atoms. The normalized spacial score (nSPS) is 16.3. The van der Waals surface area contributed by atoms with E-state index < -0.39 is 29.7 Å². The van der Waals surface area contributed by atoms with Crippen LogP contribution < -0.4 is 21.3 Å². The first-order valence-corrected chi connectivity index (χ1v) is 19.5. The molecule has 17 nitrogen and oxygen atoms in total. The molecule has 0 bridgehead atoms. The first-order chi connectivity index (χ1) is 28.5. The van der Waals surface area contributed by atoms with Crippen LogP contribution in [0, 0.1) is 13.8 Å². The van der Waals surface area contributed by atoms with E-state index in [1.807, 2.05) is 25.2 Å². The number of ether oxygens (including phenoxy) is 2. The van der Waals surface area contributed by atoms with Gasteiger partial charge in [0.05, 0.1) is 36.3 Å². The van der Waals surface area contributed by atoms with Crippen LogP contribution in [0.2, 0.25) is 0 Å². The molecule has 5 amide bonds. The Morgan fingerprint density at radius 2 is 1.66 bits per heavy atom. The van der Waals surface area contributed by atoms with Gasteiger partial charge in [0.15, 0.2) is 11.5 Å². The van der Waals surface area contributed by atoms with Crippen LogP contribution in [-0.2, 0) is 43.9 Å². The summed E-state index contributed by atoms with van der Waals surface area (Å²) in [6.45, 7) is 6.37. The molecule has 3 aliphatic heterocycles. The van der Waals surface area contributed by atoms with Crippen molar-refractivity contribution in [2.45, 2.75) is 45.7 Å². The van der Waals surface area contributed by atoms with Crippen LogP contribution in [0.25, 0.3) is 11.0 Å². The average molecular weight is 801 g/mol. The van der Waals surface area contributed by atoms with Crippen molar-refractivity contribution >= 4 is 69.4 Å². The summed E-state index contributed by atoms with van der Waals surface area (Å²) < 4.78 is 13.0. The number of hydrogen-bond acceptors (Lipinski definition) is 13. The van der Waals surface area contributed by atoms with Crippen molar-refractivity contribution in [2.24, 2.45) is 7.05 Å². The van der Waals surface area contributed by atoms with E-state index in [0.717, 1.165) is 44.8 Å². The highest BCUT2D eigenvalue weighted by molar-refractivity contribution is 6.23. The summed E-state index contributed by atoms with van der Waals surface area (Å²) in [6.07, 6.45) is 2.66. The van der Waals surface area contributed by atoms with Crippen LogP contribution >= 0.6 is 0 Å². The molecule has 4 N–H and O–H groups in total. The van der Waals surface area contributed by atoms with E-state index in [4.69, 9.17) is 14.5 Å². The number of fused-ring (bicyclic) bond motifs is 3. The van der Waals surface area contributed by atoms with Crippen LogP contribution in [0.15, 0.2) is 60.8 Å². The summed E-state index contributed by atoms with van der Waals surface area (Å²) in [5.41, 5.74) is 8.00. The van der Waals surface area contributed by atoms with Crippen LogP contribution in [0.4, 0.5) is 28.8 Å². The van der Waals surface area contributed by atoms with Crippen molar-refractivity contribution < 1.29 is 33.4 Å². The standard InChI is InChI=1S/C42H44N10O7/c1-24-5-4-6-25(2)36(24)47-37-32-21-44-42(48-38(32)50(3)49-37)45-29-8-7-26-13-15-51(22-27(26)19-29)35(54)23-59-18-17-58-16-14-43-28-9-10-30-31(20-28)41(57)52(40(30)56)33-11-12-34(53)46-39(33)55/h4-10,19-21,33,43H,11-18,22-23H2,1-3H3,(H,47,49)(H,44,45,48)(H,46,53,55). The number of hydrogen-bond donors (Lipinski definition) is 4. The van der Waals surface area contributed by atoms with Gasteiger partial charge in [-0.2, -0.15) is 10.1 Å². The molecule has 1 unspecified atom stereocenters. The maximum atomic E-state index is 13.1. The summed E-state index contributed by atoms with van der Waals surface area (Å²) in [5, 5.41) is 17.6. The summed E-state index contributed by atoms with van der Waals surface area (Å²) in [6, 6.07) is 16.0. The van der Waals surface area contributed by atoms with Gasteiger partial charge in [0.1, 0.15) is 12.6 Å². The van der Waals surface area contributed by atoms with Crippen molar-refractivity contribution in [3.63, 3.8) is 0 Å². The number of aryl methyl sites for hydroxylation is 3. The molecule has 0 aliphatic carbocycles. The lowest BCUT2D eigenvalue weighted by Crippen LogP contribution is -2.54. The Morgan fingerprint density at radius 1 is 0.881 bits per heavy atom. The molecule has 8 rings (SSSR count). The fourth-order valence-electron chi connectivity index (χ4n) is 7.62. The monoisotopic (exact) mass is 800 g/mol. The average Bonchev–Trinajstić information content (AvgIpc) is 3.66. The third kappa shape index (κ3) is 8.19. The molecule has 1 fully saturated rings. The highest BCUT2D eigenvalue weighted by atomic mass is 16.5. The minimum atomic E-state index is -1.01. The van der Waals surface area contributed by atoms with E-state index in [1.165, 1.54) is 5.56 Å². The lowest BCUT2D eigenvalue weighted by atomic mass is 9.99. The van der Waals surface area contributed by atoms with Gasteiger partial charge in [-0.25, -0.2) is 9.67 Å². The zero-order valence-corrected chi connectivity index (χ0v) is 33.0. The molecule has 3 aliphatic rings. The van der Waals surface area contributed by atoms with Crippen LogP contribution in [0.3, 0.4) is 0 Å². The second-order valence-corrected chi connectivity index (χ2v) is 14.8. The Bertz CT molecular complexity index is 2480. The van der Waals surface area contributed by atoms with Gasteiger partial charge >= 0.3 is 0 Å². The Balaban J connectivity index is 0.765. The van der Waals surface area contributed by atoms with E-state index in [0.29, 0.717) is 49.3 Å². The van der Waals surface area contributed by atoms with Gasteiger partial charge < -0.3 is 30.3 Å². The molecule has 17 heteroatoms. The number of rotatable bonds is 14. The molecule has 1 saturated heterocycles. The zero-order chi connectivity index (χ0) is 41.2. The molecular formula is C42H44N10O7. The molecule has 304 valence electrons. The van der Waals surface area contributed by atoms with E-state index in [1.54, 1.807) is 34.0 Å². The number of piperidine rings is 1. The van der Waals surface area contributed by atoms with Crippen LogP contribution in [-0.4, -0.2) is 105 Å². The molecule has 0 radical (unpaired) electrons. The molecule has 0 saturated carbocycles. The molecule has 5 heterocycles. The van der Waals surface area contributed by atoms with E-state index in [-0.39, 0.29) is 49.7 Å².